The maximum Gasteiger partial charge on any atom is 0.230 e. The van der Waals surface area contributed by atoms with Crippen molar-refractivity contribution in [2.24, 2.45) is 4.99 Å². The van der Waals surface area contributed by atoms with E-state index in [1.807, 2.05) is 48.6 Å². The summed E-state index contributed by atoms with van der Waals surface area (Å²) in [4.78, 5) is 4.18. The Labute approximate surface area is 135 Å². The summed E-state index contributed by atoms with van der Waals surface area (Å²) in [6.45, 7) is 3.62. The Morgan fingerprint density at radius 2 is 2.10 bits per heavy atom. The molecule has 0 aromatic heterocycles. The fourth-order valence-corrected chi connectivity index (χ4v) is 2.46. The summed E-state index contributed by atoms with van der Waals surface area (Å²) in [6, 6.07) is 10.6. The molecule has 2 atom stereocenters. The van der Waals surface area contributed by atoms with E-state index in [4.69, 9.17) is 9.44 Å². The Morgan fingerprint density at radius 3 is 2.65 bits per heavy atom. The van der Waals surface area contributed by atoms with Crippen LogP contribution in [0.15, 0.2) is 35.3 Å². The maximum atomic E-state index is 12.0. The van der Waals surface area contributed by atoms with Crippen molar-refractivity contribution in [2.75, 3.05) is 0 Å². The molecule has 4 nitrogen and oxygen atoms in total. The van der Waals surface area contributed by atoms with Crippen LogP contribution in [-0.4, -0.2) is 21.2 Å². The SMILES string of the molecule is CC(C)(C#CI)N=CC(C#N)S(=O)Oc1ccccc1. The normalized spacial score (nSPS) is 13.9. The van der Waals surface area contributed by atoms with Gasteiger partial charge in [-0.3, -0.25) is 4.99 Å². The molecule has 0 aliphatic rings. The summed E-state index contributed by atoms with van der Waals surface area (Å²) in [6.07, 6.45) is 1.33. The van der Waals surface area contributed by atoms with Gasteiger partial charge in [-0.25, -0.2) is 4.21 Å². The zero-order valence-electron chi connectivity index (χ0n) is 11.0. The lowest BCUT2D eigenvalue weighted by molar-refractivity contribution is 0.562. The van der Waals surface area contributed by atoms with E-state index >= 15 is 0 Å². The van der Waals surface area contributed by atoms with E-state index in [0.29, 0.717) is 5.75 Å². The van der Waals surface area contributed by atoms with E-state index < -0.39 is 21.9 Å². The molecule has 1 aromatic carbocycles. The van der Waals surface area contributed by atoms with Crippen LogP contribution >= 0.6 is 22.6 Å². The number of para-hydroxylation sites is 1. The maximum absolute atomic E-state index is 12.0. The van der Waals surface area contributed by atoms with Crippen molar-refractivity contribution in [3.63, 3.8) is 0 Å². The number of nitrogens with zero attached hydrogens (tertiary/aromatic N) is 2. The predicted molar refractivity (Wildman–Crippen MR) is 89.0 cm³/mol. The Balaban J connectivity index is 2.76. The highest BCUT2D eigenvalue weighted by Crippen LogP contribution is 2.12. The van der Waals surface area contributed by atoms with Crippen LogP contribution in [0.25, 0.3) is 0 Å². The molecular weight excluding hydrogens is 387 g/mol. The number of hydrogen-bond acceptors (Lipinski definition) is 4. The van der Waals surface area contributed by atoms with Gasteiger partial charge in [-0.15, -0.1) is 0 Å². The molecule has 0 amide bonds. The molecule has 0 bridgehead atoms. The monoisotopic (exact) mass is 400 g/mol. The van der Waals surface area contributed by atoms with Crippen LogP contribution in [0.1, 0.15) is 13.8 Å². The molecule has 0 spiro atoms. The average Bonchev–Trinajstić information content (AvgIpc) is 2.40. The largest absolute Gasteiger partial charge is 0.399 e. The standard InChI is InChI=1S/C14H13IN2O2S/c1-14(2,8-9-15)17-11-13(10-16)20(18)19-12-6-4-3-5-7-12/h3-7,11,13H,1-2H3. The van der Waals surface area contributed by atoms with Gasteiger partial charge in [0.05, 0.1) is 6.07 Å². The van der Waals surface area contributed by atoms with Crippen LogP contribution in [0, 0.1) is 21.2 Å². The topological polar surface area (TPSA) is 62.5 Å². The van der Waals surface area contributed by atoms with Crippen molar-refractivity contribution in [1.82, 2.24) is 0 Å². The molecule has 0 aliphatic heterocycles. The third-order valence-electron chi connectivity index (χ3n) is 2.14. The quantitative estimate of drug-likeness (QED) is 0.434. The van der Waals surface area contributed by atoms with Crippen molar-refractivity contribution in [2.45, 2.75) is 24.6 Å². The molecule has 0 fully saturated rings. The van der Waals surface area contributed by atoms with Gasteiger partial charge >= 0.3 is 0 Å². The summed E-state index contributed by atoms with van der Waals surface area (Å²) >= 11 is 0.115. The minimum absolute atomic E-state index is 0.450. The van der Waals surface area contributed by atoms with E-state index in [1.54, 1.807) is 24.3 Å². The fraction of sp³-hybridized carbons (Fsp3) is 0.286. The van der Waals surface area contributed by atoms with Gasteiger partial charge in [0.2, 0.25) is 11.1 Å². The van der Waals surface area contributed by atoms with Gasteiger partial charge in [0.25, 0.3) is 0 Å². The predicted octanol–water partition coefficient (Wildman–Crippen LogP) is 2.87. The van der Waals surface area contributed by atoms with Gasteiger partial charge < -0.3 is 4.18 Å². The third-order valence-corrected chi connectivity index (χ3v) is 3.41. The van der Waals surface area contributed by atoms with E-state index in [9.17, 15) is 4.21 Å². The molecule has 1 aromatic rings. The molecule has 0 heterocycles. The van der Waals surface area contributed by atoms with E-state index in [-0.39, 0.29) is 0 Å². The van der Waals surface area contributed by atoms with Crippen molar-refractivity contribution >= 4 is 39.9 Å². The number of halogens is 1. The first kappa shape index (κ1) is 16.7. The smallest absolute Gasteiger partial charge is 0.230 e. The van der Waals surface area contributed by atoms with Gasteiger partial charge in [-0.1, -0.05) is 24.1 Å². The van der Waals surface area contributed by atoms with Gasteiger partial charge in [-0.2, -0.15) is 5.26 Å². The molecule has 1 rings (SSSR count). The van der Waals surface area contributed by atoms with Crippen molar-refractivity contribution in [3.8, 4) is 21.7 Å². The Hall–Kier alpha value is -1.38. The molecule has 104 valence electrons. The van der Waals surface area contributed by atoms with Crippen LogP contribution in [0.3, 0.4) is 0 Å². The molecule has 6 heteroatoms. The minimum atomic E-state index is -1.81. The number of aliphatic imine (C=N–C) groups is 1. The van der Waals surface area contributed by atoms with E-state index in [1.165, 1.54) is 6.21 Å². The highest BCUT2D eigenvalue weighted by Gasteiger charge is 2.18. The van der Waals surface area contributed by atoms with Gasteiger partial charge in [0, 0.05) is 28.8 Å². The second-order valence-corrected chi connectivity index (χ2v) is 6.00. The molecular formula is C14H13IN2O2S. The first-order valence-electron chi connectivity index (χ1n) is 5.70. The second-order valence-electron chi connectivity index (χ2n) is 4.26. The minimum Gasteiger partial charge on any atom is -0.399 e. The summed E-state index contributed by atoms with van der Waals surface area (Å²) in [5.74, 6) is 3.33. The third kappa shape index (κ3) is 5.72. The van der Waals surface area contributed by atoms with Gasteiger partial charge in [-0.05, 0) is 29.9 Å². The summed E-state index contributed by atoms with van der Waals surface area (Å²) < 4.78 is 19.9. The van der Waals surface area contributed by atoms with Crippen molar-refractivity contribution in [1.29, 1.82) is 5.26 Å². The molecule has 0 saturated heterocycles. The Kier molecular flexibility index (Phi) is 6.69. The lowest BCUT2D eigenvalue weighted by atomic mass is 10.1. The highest BCUT2D eigenvalue weighted by molar-refractivity contribution is 14.1. The lowest BCUT2D eigenvalue weighted by Gasteiger charge is -2.11. The summed E-state index contributed by atoms with van der Waals surface area (Å²) in [5, 5.41) is 8.11. The first-order chi connectivity index (χ1) is 9.48. The average molecular weight is 400 g/mol. The van der Waals surface area contributed by atoms with Gasteiger partial charge in [0.15, 0.2) is 5.25 Å². The number of nitriles is 1. The highest BCUT2D eigenvalue weighted by atomic mass is 127. The molecule has 20 heavy (non-hydrogen) atoms. The van der Waals surface area contributed by atoms with Crippen molar-refractivity contribution < 1.29 is 8.39 Å². The van der Waals surface area contributed by atoms with Crippen LogP contribution in [0.5, 0.6) is 5.75 Å². The van der Waals surface area contributed by atoms with E-state index in [0.717, 1.165) is 0 Å². The number of hydrogen-bond donors (Lipinski definition) is 0. The number of rotatable bonds is 5. The van der Waals surface area contributed by atoms with Crippen LogP contribution in [0.4, 0.5) is 0 Å². The fourth-order valence-electron chi connectivity index (χ4n) is 1.15. The van der Waals surface area contributed by atoms with E-state index in [2.05, 4.69) is 14.8 Å². The molecule has 0 radical (unpaired) electrons. The zero-order chi connectivity index (χ0) is 15.0. The summed E-state index contributed by atoms with van der Waals surface area (Å²) in [7, 11) is 0. The molecule has 0 saturated carbocycles. The lowest BCUT2D eigenvalue weighted by Crippen LogP contribution is -2.22. The molecule has 0 N–H and O–H groups in total. The van der Waals surface area contributed by atoms with Crippen LogP contribution in [-0.2, 0) is 11.1 Å². The van der Waals surface area contributed by atoms with Crippen molar-refractivity contribution in [3.05, 3.63) is 30.3 Å². The first-order valence-corrected chi connectivity index (χ1v) is 7.92. The molecule has 0 aliphatic carbocycles. The zero-order valence-corrected chi connectivity index (χ0v) is 14.0. The van der Waals surface area contributed by atoms with Gasteiger partial charge in [0.1, 0.15) is 11.3 Å². The molecule has 2 unspecified atom stereocenters. The Bertz CT molecular complexity index is 597. The van der Waals surface area contributed by atoms with Crippen LogP contribution < -0.4 is 4.18 Å². The van der Waals surface area contributed by atoms with Crippen LogP contribution in [0.2, 0.25) is 0 Å². The number of benzene rings is 1. The second kappa shape index (κ2) is 8.03. The summed E-state index contributed by atoms with van der Waals surface area (Å²) in [5.41, 5.74) is -0.618. The Morgan fingerprint density at radius 1 is 1.45 bits per heavy atom.